The summed E-state index contributed by atoms with van der Waals surface area (Å²) in [7, 11) is 3.43. The van der Waals surface area contributed by atoms with Crippen LogP contribution in [0.5, 0.6) is 0 Å². The zero-order chi connectivity index (χ0) is 24.0. The zero-order valence-corrected chi connectivity index (χ0v) is 20.0. The van der Waals surface area contributed by atoms with E-state index in [9.17, 15) is 9.59 Å². The quantitative estimate of drug-likeness (QED) is 0.686. The molecule has 2 heterocycles. The van der Waals surface area contributed by atoms with Gasteiger partial charge in [0.05, 0.1) is 6.10 Å². The molecule has 1 aliphatic rings. The van der Waals surface area contributed by atoms with Crippen LogP contribution in [0.2, 0.25) is 0 Å². The van der Waals surface area contributed by atoms with Gasteiger partial charge in [-0.15, -0.1) is 0 Å². The number of nitrogens with zero attached hydrogens (tertiary/aromatic N) is 4. The number of aromatic nitrogens is 2. The summed E-state index contributed by atoms with van der Waals surface area (Å²) < 4.78 is 10.6. The Labute approximate surface area is 195 Å². The molecule has 0 unspecified atom stereocenters. The highest BCUT2D eigenvalue weighted by Gasteiger charge is 2.24. The van der Waals surface area contributed by atoms with Gasteiger partial charge in [-0.2, -0.15) is 0 Å². The largest absolute Gasteiger partial charge is 0.444 e. The molecule has 2 aromatic rings. The van der Waals surface area contributed by atoms with E-state index in [2.05, 4.69) is 20.2 Å². The highest BCUT2D eigenvalue weighted by atomic mass is 16.6. The van der Waals surface area contributed by atoms with Gasteiger partial charge in [0.2, 0.25) is 11.9 Å². The van der Waals surface area contributed by atoms with Crippen molar-refractivity contribution in [3.63, 3.8) is 0 Å². The molecule has 3 rings (SSSR count). The molecule has 1 aromatic heterocycles. The average Bonchev–Trinajstić information content (AvgIpc) is 3.26. The molecule has 1 N–H and O–H groups in total. The van der Waals surface area contributed by atoms with E-state index < -0.39 is 11.7 Å². The third kappa shape index (κ3) is 7.15. The maximum atomic E-state index is 12.4. The number of methoxy groups -OCH3 is 1. The predicted molar refractivity (Wildman–Crippen MR) is 126 cm³/mol. The van der Waals surface area contributed by atoms with Crippen molar-refractivity contribution in [2.24, 2.45) is 0 Å². The Hall–Kier alpha value is -3.20. The Bertz CT molecular complexity index is 958. The van der Waals surface area contributed by atoms with Crippen LogP contribution in [0, 0.1) is 0 Å². The first-order valence-electron chi connectivity index (χ1n) is 11.0. The summed E-state index contributed by atoms with van der Waals surface area (Å²) in [6, 6.07) is 7.91. The third-order valence-electron chi connectivity index (χ3n) is 5.29. The summed E-state index contributed by atoms with van der Waals surface area (Å²) in [4.78, 5) is 36.9. The standard InChI is InChI=1S/C24H33N5O4/c1-24(2,3)33-23(31)27-14-21(30)28(4)15-17-7-6-8-18(11-17)19-12-25-22(26-13-19)29-10-9-20(16-29)32-5/h6-8,11-13,20H,9-10,14-16H2,1-5H3,(H,27,31)/t20-/m0/s1. The molecule has 178 valence electrons. The van der Waals surface area contributed by atoms with Crippen LogP contribution in [0.1, 0.15) is 32.8 Å². The number of benzene rings is 1. The number of carbonyl (C=O) groups is 2. The molecule has 9 heteroatoms. The lowest BCUT2D eigenvalue weighted by atomic mass is 10.1. The Morgan fingerprint density at radius 2 is 1.94 bits per heavy atom. The zero-order valence-electron chi connectivity index (χ0n) is 20.0. The van der Waals surface area contributed by atoms with Crippen LogP contribution in [0.25, 0.3) is 11.1 Å². The van der Waals surface area contributed by atoms with Gasteiger partial charge in [-0.3, -0.25) is 4.79 Å². The van der Waals surface area contributed by atoms with E-state index in [-0.39, 0.29) is 18.6 Å². The number of likely N-dealkylation sites (N-methyl/N-ethyl adjacent to an activating group) is 1. The van der Waals surface area contributed by atoms with E-state index in [0.29, 0.717) is 12.5 Å². The fraction of sp³-hybridized carbons (Fsp3) is 0.500. The molecule has 1 aromatic carbocycles. The number of amides is 2. The van der Waals surface area contributed by atoms with Crippen molar-refractivity contribution in [2.75, 3.05) is 38.7 Å². The van der Waals surface area contributed by atoms with E-state index in [1.54, 1.807) is 39.8 Å². The fourth-order valence-electron chi connectivity index (χ4n) is 3.54. The van der Waals surface area contributed by atoms with E-state index in [1.807, 2.05) is 36.7 Å². The van der Waals surface area contributed by atoms with Gasteiger partial charge in [0.1, 0.15) is 12.1 Å². The van der Waals surface area contributed by atoms with Crippen molar-refractivity contribution in [3.8, 4) is 11.1 Å². The first kappa shape index (κ1) is 24.4. The molecule has 0 bridgehead atoms. The Balaban J connectivity index is 1.57. The lowest BCUT2D eigenvalue weighted by Gasteiger charge is -2.21. The fourth-order valence-corrected chi connectivity index (χ4v) is 3.54. The normalized spacial score (nSPS) is 15.9. The predicted octanol–water partition coefficient (Wildman–Crippen LogP) is 2.85. The van der Waals surface area contributed by atoms with E-state index in [4.69, 9.17) is 9.47 Å². The smallest absolute Gasteiger partial charge is 0.408 e. The van der Waals surface area contributed by atoms with E-state index >= 15 is 0 Å². The number of nitrogens with one attached hydrogen (secondary N) is 1. The monoisotopic (exact) mass is 455 g/mol. The molecule has 1 aliphatic heterocycles. The van der Waals surface area contributed by atoms with Gasteiger partial charge in [-0.05, 0) is 44.4 Å². The highest BCUT2D eigenvalue weighted by Crippen LogP contribution is 2.23. The van der Waals surface area contributed by atoms with Crippen molar-refractivity contribution in [1.29, 1.82) is 0 Å². The topological polar surface area (TPSA) is 96.9 Å². The molecule has 1 saturated heterocycles. The maximum Gasteiger partial charge on any atom is 0.408 e. The molecular formula is C24H33N5O4. The Kier molecular flexibility index (Phi) is 7.86. The number of carbonyl (C=O) groups excluding carboxylic acids is 2. The molecule has 0 spiro atoms. The number of anilines is 1. The second-order valence-electron chi connectivity index (χ2n) is 9.17. The Morgan fingerprint density at radius 1 is 1.21 bits per heavy atom. The highest BCUT2D eigenvalue weighted by molar-refractivity contribution is 5.82. The molecule has 0 radical (unpaired) electrons. The van der Waals surface area contributed by atoms with Crippen LogP contribution in [0.3, 0.4) is 0 Å². The summed E-state index contributed by atoms with van der Waals surface area (Å²) in [5, 5.41) is 2.50. The second-order valence-corrected chi connectivity index (χ2v) is 9.17. The summed E-state index contributed by atoms with van der Waals surface area (Å²) in [5.74, 6) is 0.496. The first-order valence-corrected chi connectivity index (χ1v) is 11.0. The third-order valence-corrected chi connectivity index (χ3v) is 5.29. The molecule has 33 heavy (non-hydrogen) atoms. The number of hydrogen-bond acceptors (Lipinski definition) is 7. The maximum absolute atomic E-state index is 12.4. The number of ether oxygens (including phenoxy) is 2. The molecule has 1 atom stereocenters. The molecule has 9 nitrogen and oxygen atoms in total. The summed E-state index contributed by atoms with van der Waals surface area (Å²) >= 11 is 0. The van der Waals surface area contributed by atoms with Crippen molar-refractivity contribution in [3.05, 3.63) is 42.2 Å². The number of hydrogen-bond donors (Lipinski definition) is 1. The van der Waals surface area contributed by atoms with Crippen molar-refractivity contribution in [1.82, 2.24) is 20.2 Å². The van der Waals surface area contributed by atoms with Crippen molar-refractivity contribution < 1.29 is 19.1 Å². The van der Waals surface area contributed by atoms with Crippen molar-refractivity contribution in [2.45, 2.75) is 45.4 Å². The van der Waals surface area contributed by atoms with Gasteiger partial charge < -0.3 is 24.6 Å². The SMILES string of the molecule is CO[C@H]1CCN(c2ncc(-c3cccc(CN(C)C(=O)CNC(=O)OC(C)(C)C)c3)cn2)C1. The van der Waals surface area contributed by atoms with Gasteiger partial charge in [0.15, 0.2) is 0 Å². The summed E-state index contributed by atoms with van der Waals surface area (Å²) in [6.07, 6.45) is 4.23. The minimum absolute atomic E-state index is 0.124. The van der Waals surface area contributed by atoms with Crippen LogP contribution in [-0.4, -0.2) is 72.4 Å². The van der Waals surface area contributed by atoms with Crippen LogP contribution in [-0.2, 0) is 20.8 Å². The van der Waals surface area contributed by atoms with Gasteiger partial charge in [0, 0.05) is 51.7 Å². The summed E-state index contributed by atoms with van der Waals surface area (Å²) in [5.41, 5.74) is 2.24. The average molecular weight is 456 g/mol. The number of rotatable bonds is 7. The molecule has 0 aliphatic carbocycles. The van der Waals surface area contributed by atoms with Crippen LogP contribution in [0.15, 0.2) is 36.7 Å². The Morgan fingerprint density at radius 3 is 2.58 bits per heavy atom. The van der Waals surface area contributed by atoms with Gasteiger partial charge in [-0.1, -0.05) is 18.2 Å². The van der Waals surface area contributed by atoms with E-state index in [0.717, 1.165) is 36.2 Å². The van der Waals surface area contributed by atoms with Gasteiger partial charge in [-0.25, -0.2) is 14.8 Å². The van der Waals surface area contributed by atoms with Gasteiger partial charge in [0.25, 0.3) is 0 Å². The lowest BCUT2D eigenvalue weighted by molar-refractivity contribution is -0.129. The van der Waals surface area contributed by atoms with E-state index in [1.165, 1.54) is 0 Å². The van der Waals surface area contributed by atoms with Crippen molar-refractivity contribution >= 4 is 17.9 Å². The van der Waals surface area contributed by atoms with Crippen LogP contribution >= 0.6 is 0 Å². The van der Waals surface area contributed by atoms with Crippen LogP contribution < -0.4 is 10.2 Å². The first-order chi connectivity index (χ1) is 15.6. The molecule has 2 amide bonds. The molecule has 0 saturated carbocycles. The second kappa shape index (κ2) is 10.6. The summed E-state index contributed by atoms with van der Waals surface area (Å²) in [6.45, 7) is 7.29. The molecular weight excluding hydrogens is 422 g/mol. The minimum Gasteiger partial charge on any atom is -0.444 e. The number of alkyl carbamates (subject to hydrolysis) is 1. The van der Waals surface area contributed by atoms with Crippen LogP contribution in [0.4, 0.5) is 10.7 Å². The molecule has 1 fully saturated rings. The van der Waals surface area contributed by atoms with Gasteiger partial charge >= 0.3 is 6.09 Å². The lowest BCUT2D eigenvalue weighted by Crippen LogP contribution is -2.40. The minimum atomic E-state index is -0.610.